The van der Waals surface area contributed by atoms with Crippen LogP contribution >= 0.6 is 0 Å². The Bertz CT molecular complexity index is 928. The molecule has 28 heavy (non-hydrogen) atoms. The van der Waals surface area contributed by atoms with Crippen molar-refractivity contribution in [3.05, 3.63) is 72.1 Å². The molecule has 3 rings (SSSR count). The molecule has 0 aliphatic heterocycles. The number of amides is 1. The number of hydrogen-bond acceptors (Lipinski definition) is 5. The number of halogens is 1. The standard InChI is InChI=1S/C21H22FN5O/c1-14(10-20-19(22)4-3-9-23-20)27-21-25-12-18(13-26-21)17-7-5-16(6-8-17)11-24-15(2)28/h3-9,12-14H,10-11H2,1-2H3,(H,24,28)(H,25,26,27). The number of nitrogens with zero attached hydrogens (tertiary/aromatic N) is 3. The van der Waals surface area contributed by atoms with Crippen molar-refractivity contribution < 1.29 is 9.18 Å². The molecule has 0 fully saturated rings. The van der Waals surface area contributed by atoms with Crippen LogP contribution in [0.25, 0.3) is 11.1 Å². The molecule has 2 heterocycles. The number of pyridine rings is 1. The number of anilines is 1. The van der Waals surface area contributed by atoms with E-state index in [9.17, 15) is 9.18 Å². The zero-order chi connectivity index (χ0) is 19.9. The van der Waals surface area contributed by atoms with Crippen LogP contribution in [-0.2, 0) is 17.8 Å². The van der Waals surface area contributed by atoms with Crippen molar-refractivity contribution in [2.24, 2.45) is 0 Å². The SMILES string of the molecule is CC(=O)NCc1ccc(-c2cnc(NC(C)Cc3ncccc3F)nc2)cc1. The molecule has 0 radical (unpaired) electrons. The second kappa shape index (κ2) is 9.03. The lowest BCUT2D eigenvalue weighted by Gasteiger charge is -2.14. The molecule has 144 valence electrons. The molecule has 0 spiro atoms. The lowest BCUT2D eigenvalue weighted by Crippen LogP contribution is -2.20. The molecule has 1 atom stereocenters. The Labute approximate surface area is 163 Å². The maximum absolute atomic E-state index is 13.7. The van der Waals surface area contributed by atoms with Crippen molar-refractivity contribution in [2.75, 3.05) is 5.32 Å². The summed E-state index contributed by atoms with van der Waals surface area (Å²) in [5, 5.41) is 5.93. The summed E-state index contributed by atoms with van der Waals surface area (Å²) in [5.41, 5.74) is 3.31. The second-order valence-corrected chi connectivity index (χ2v) is 6.58. The van der Waals surface area contributed by atoms with Crippen LogP contribution in [0.5, 0.6) is 0 Å². The predicted molar refractivity (Wildman–Crippen MR) is 106 cm³/mol. The molecule has 2 aromatic heterocycles. The van der Waals surface area contributed by atoms with Crippen LogP contribution in [0, 0.1) is 5.82 Å². The van der Waals surface area contributed by atoms with Crippen LogP contribution in [0.15, 0.2) is 55.0 Å². The van der Waals surface area contributed by atoms with Crippen LogP contribution in [0.1, 0.15) is 25.1 Å². The fourth-order valence-corrected chi connectivity index (χ4v) is 2.72. The highest BCUT2D eigenvalue weighted by Crippen LogP contribution is 2.19. The van der Waals surface area contributed by atoms with Gasteiger partial charge in [-0.3, -0.25) is 9.78 Å². The Morgan fingerprint density at radius 1 is 1.07 bits per heavy atom. The summed E-state index contributed by atoms with van der Waals surface area (Å²) in [4.78, 5) is 23.7. The minimum Gasteiger partial charge on any atom is -0.352 e. The molecule has 6 nitrogen and oxygen atoms in total. The van der Waals surface area contributed by atoms with Gasteiger partial charge in [0, 0.05) is 50.1 Å². The summed E-state index contributed by atoms with van der Waals surface area (Å²) in [6.07, 6.45) is 5.50. The Balaban J connectivity index is 1.60. The van der Waals surface area contributed by atoms with Crippen LogP contribution in [0.3, 0.4) is 0 Å². The predicted octanol–water partition coefficient (Wildman–Crippen LogP) is 3.36. The maximum atomic E-state index is 13.7. The molecule has 0 saturated heterocycles. The first kappa shape index (κ1) is 19.4. The fraction of sp³-hybridized carbons (Fsp3) is 0.238. The van der Waals surface area contributed by atoms with Gasteiger partial charge in [0.25, 0.3) is 0 Å². The number of rotatable bonds is 7. The van der Waals surface area contributed by atoms with Crippen molar-refractivity contribution in [1.29, 1.82) is 0 Å². The molecular weight excluding hydrogens is 357 g/mol. The molecule has 2 N–H and O–H groups in total. The minimum absolute atomic E-state index is 0.0550. The van der Waals surface area contributed by atoms with E-state index in [0.717, 1.165) is 16.7 Å². The Morgan fingerprint density at radius 3 is 2.43 bits per heavy atom. The van der Waals surface area contributed by atoms with Crippen LogP contribution in [0.4, 0.5) is 10.3 Å². The summed E-state index contributed by atoms with van der Waals surface area (Å²) in [6.45, 7) is 3.93. The molecule has 0 aliphatic rings. The van der Waals surface area contributed by atoms with E-state index >= 15 is 0 Å². The van der Waals surface area contributed by atoms with E-state index in [2.05, 4.69) is 25.6 Å². The summed E-state index contributed by atoms with van der Waals surface area (Å²) >= 11 is 0. The first-order chi connectivity index (χ1) is 13.5. The van der Waals surface area contributed by atoms with E-state index in [1.54, 1.807) is 24.7 Å². The van der Waals surface area contributed by atoms with E-state index in [1.807, 2.05) is 31.2 Å². The molecule has 0 saturated carbocycles. The number of benzene rings is 1. The van der Waals surface area contributed by atoms with Gasteiger partial charge in [0.1, 0.15) is 5.82 Å². The van der Waals surface area contributed by atoms with Gasteiger partial charge in [-0.2, -0.15) is 0 Å². The third-order valence-electron chi connectivity index (χ3n) is 4.19. The van der Waals surface area contributed by atoms with Crippen molar-refractivity contribution in [3.63, 3.8) is 0 Å². The smallest absolute Gasteiger partial charge is 0.222 e. The fourth-order valence-electron chi connectivity index (χ4n) is 2.72. The number of carbonyl (C=O) groups excluding carboxylic acids is 1. The number of nitrogens with one attached hydrogen (secondary N) is 2. The Kier molecular flexibility index (Phi) is 6.26. The number of carbonyl (C=O) groups is 1. The molecule has 1 aromatic carbocycles. The van der Waals surface area contributed by atoms with Gasteiger partial charge in [-0.15, -0.1) is 0 Å². The van der Waals surface area contributed by atoms with Gasteiger partial charge in [0.05, 0.1) is 5.69 Å². The third-order valence-corrected chi connectivity index (χ3v) is 4.19. The molecule has 7 heteroatoms. The maximum Gasteiger partial charge on any atom is 0.222 e. The quantitative estimate of drug-likeness (QED) is 0.658. The largest absolute Gasteiger partial charge is 0.352 e. The van der Waals surface area contributed by atoms with Crippen LogP contribution in [-0.4, -0.2) is 26.9 Å². The average molecular weight is 379 g/mol. The monoisotopic (exact) mass is 379 g/mol. The van der Waals surface area contributed by atoms with E-state index in [1.165, 1.54) is 13.0 Å². The molecule has 0 aliphatic carbocycles. The van der Waals surface area contributed by atoms with E-state index in [4.69, 9.17) is 0 Å². The van der Waals surface area contributed by atoms with Gasteiger partial charge in [0.2, 0.25) is 11.9 Å². The zero-order valence-electron chi connectivity index (χ0n) is 15.8. The summed E-state index contributed by atoms with van der Waals surface area (Å²) in [5.74, 6) is 0.116. The summed E-state index contributed by atoms with van der Waals surface area (Å²) < 4.78 is 13.7. The summed E-state index contributed by atoms with van der Waals surface area (Å²) in [7, 11) is 0. The minimum atomic E-state index is -0.311. The van der Waals surface area contributed by atoms with Gasteiger partial charge in [-0.25, -0.2) is 14.4 Å². The van der Waals surface area contributed by atoms with Crippen molar-refractivity contribution in [3.8, 4) is 11.1 Å². The third kappa shape index (κ3) is 5.33. The van der Waals surface area contributed by atoms with Crippen molar-refractivity contribution in [1.82, 2.24) is 20.3 Å². The first-order valence-corrected chi connectivity index (χ1v) is 9.03. The molecular formula is C21H22FN5O. The van der Waals surface area contributed by atoms with Gasteiger partial charge >= 0.3 is 0 Å². The molecule has 0 bridgehead atoms. The van der Waals surface area contributed by atoms with Crippen LogP contribution in [0.2, 0.25) is 0 Å². The average Bonchev–Trinajstić information content (AvgIpc) is 2.69. The highest BCUT2D eigenvalue weighted by atomic mass is 19.1. The molecule has 1 unspecified atom stereocenters. The van der Waals surface area contributed by atoms with Gasteiger partial charge in [0.15, 0.2) is 0 Å². The number of hydrogen-bond donors (Lipinski definition) is 2. The van der Waals surface area contributed by atoms with Gasteiger partial charge in [-0.05, 0) is 30.2 Å². The van der Waals surface area contributed by atoms with E-state index in [0.29, 0.717) is 24.6 Å². The van der Waals surface area contributed by atoms with Gasteiger partial charge in [-0.1, -0.05) is 24.3 Å². The van der Waals surface area contributed by atoms with Crippen LogP contribution < -0.4 is 10.6 Å². The number of aromatic nitrogens is 3. The van der Waals surface area contributed by atoms with Gasteiger partial charge < -0.3 is 10.6 Å². The Hall–Kier alpha value is -3.35. The lowest BCUT2D eigenvalue weighted by atomic mass is 10.1. The second-order valence-electron chi connectivity index (χ2n) is 6.58. The van der Waals surface area contributed by atoms with E-state index in [-0.39, 0.29) is 17.8 Å². The highest BCUT2D eigenvalue weighted by Gasteiger charge is 2.10. The molecule has 1 amide bonds. The topological polar surface area (TPSA) is 79.8 Å². The highest BCUT2D eigenvalue weighted by molar-refractivity contribution is 5.72. The summed E-state index contributed by atoms with van der Waals surface area (Å²) in [6, 6.07) is 10.8. The Morgan fingerprint density at radius 2 is 1.79 bits per heavy atom. The van der Waals surface area contributed by atoms with Crippen molar-refractivity contribution in [2.45, 2.75) is 32.9 Å². The lowest BCUT2D eigenvalue weighted by molar-refractivity contribution is -0.119. The van der Waals surface area contributed by atoms with Crippen molar-refractivity contribution >= 4 is 11.9 Å². The first-order valence-electron chi connectivity index (χ1n) is 9.03. The molecule has 3 aromatic rings. The zero-order valence-corrected chi connectivity index (χ0v) is 15.8. The van der Waals surface area contributed by atoms with E-state index < -0.39 is 0 Å². The normalized spacial score (nSPS) is 11.7.